The molecule has 1 atom stereocenters. The molecule has 4 aliphatic rings. The van der Waals surface area contributed by atoms with Crippen molar-refractivity contribution in [3.05, 3.63) is 102 Å². The van der Waals surface area contributed by atoms with Gasteiger partial charge in [0.25, 0.3) is 0 Å². The Morgan fingerprint density at radius 2 is 1.62 bits per heavy atom. The molecule has 3 N–H and O–H groups in total. The second kappa shape index (κ2) is 19.4. The Labute approximate surface area is 359 Å². The van der Waals surface area contributed by atoms with E-state index in [2.05, 4.69) is 61.2 Å². The number of nitriles is 1. The number of pyridine rings is 2. The third-order valence-electron chi connectivity index (χ3n) is 12.8. The van der Waals surface area contributed by atoms with Crippen LogP contribution in [0.4, 0.5) is 11.4 Å². The highest BCUT2D eigenvalue weighted by molar-refractivity contribution is 5.79. The molecule has 4 fully saturated rings. The van der Waals surface area contributed by atoms with Crippen molar-refractivity contribution in [2.45, 2.75) is 102 Å². The number of allylic oxidation sites excluding steroid dienone is 1. The number of hydrogen-bond acceptors (Lipinski definition) is 11. The lowest BCUT2D eigenvalue weighted by Gasteiger charge is -2.45. The molecule has 1 unspecified atom stereocenters. The van der Waals surface area contributed by atoms with E-state index in [0.717, 1.165) is 77.2 Å². The standard InChI is InChI=1S/C27H41N5O.C11H15N3O.C9H5N3O/c1-20-24(8-11-27(33)29-20)25-9-10-26(21(2)28-25)32-14-12-23(13-15-32)31-18-16-30(17-19-31)22-6-4-3-5-7-22;1-11(2,15)9-7-14-8(4-5-13-14)6-10(9)12-3;10-4-7-3-8-1-2-9(6-13)12(8)11-5-7/h9-10,22-24H,1,3-8,11-19H2,2H3,(H,29,33);4-7,12,15H,1-3H3;1-3,5-6H. The maximum absolute atomic E-state index is 11.6. The number of piperazine rings is 1. The third-order valence-corrected chi connectivity index (χ3v) is 12.8. The summed E-state index contributed by atoms with van der Waals surface area (Å²) < 4.78 is 3.25. The summed E-state index contributed by atoms with van der Waals surface area (Å²) >= 11 is 0. The van der Waals surface area contributed by atoms with Crippen LogP contribution in [-0.2, 0) is 10.4 Å². The summed E-state index contributed by atoms with van der Waals surface area (Å²) in [5, 5.41) is 32.7. The number of hydrogen-bond donors (Lipinski definition) is 3. The lowest BCUT2D eigenvalue weighted by atomic mass is 9.92. The van der Waals surface area contributed by atoms with Gasteiger partial charge in [-0.15, -0.1) is 0 Å². The normalized spacial score (nSPS) is 19.7. The summed E-state index contributed by atoms with van der Waals surface area (Å²) in [5.74, 6) is 0.205. The highest BCUT2D eigenvalue weighted by Crippen LogP contribution is 2.33. The molecule has 3 saturated heterocycles. The van der Waals surface area contributed by atoms with Crippen molar-refractivity contribution in [2.75, 3.05) is 56.5 Å². The van der Waals surface area contributed by atoms with E-state index in [4.69, 9.17) is 10.2 Å². The van der Waals surface area contributed by atoms with E-state index in [0.29, 0.717) is 17.7 Å². The number of rotatable bonds is 7. The Morgan fingerprint density at radius 1 is 0.918 bits per heavy atom. The van der Waals surface area contributed by atoms with Crippen molar-refractivity contribution >= 4 is 34.6 Å². The molecule has 61 heavy (non-hydrogen) atoms. The van der Waals surface area contributed by atoms with Crippen molar-refractivity contribution in [3.8, 4) is 6.07 Å². The Kier molecular flexibility index (Phi) is 13.8. The van der Waals surface area contributed by atoms with Gasteiger partial charge in [0, 0.05) is 106 Å². The first-order valence-corrected chi connectivity index (χ1v) is 21.9. The number of carbonyl (C=O) groups excluding carboxylic acids is 2. The van der Waals surface area contributed by atoms with E-state index < -0.39 is 5.60 Å². The molecular formula is C47H61N11O3. The molecule has 14 heteroatoms. The van der Waals surface area contributed by atoms with Crippen molar-refractivity contribution in [3.63, 3.8) is 0 Å². The van der Waals surface area contributed by atoms with Gasteiger partial charge in [0.05, 0.1) is 39.8 Å². The molecule has 0 spiro atoms. The lowest BCUT2D eigenvalue weighted by Crippen LogP contribution is -2.55. The molecule has 5 aromatic heterocycles. The number of piperidine rings is 2. The lowest BCUT2D eigenvalue weighted by molar-refractivity contribution is -0.121. The molecule has 322 valence electrons. The second-order valence-corrected chi connectivity index (χ2v) is 17.3. The van der Waals surface area contributed by atoms with Crippen LogP contribution in [0, 0.1) is 18.3 Å². The summed E-state index contributed by atoms with van der Waals surface area (Å²) in [6.07, 6.45) is 16.8. The predicted octanol–water partition coefficient (Wildman–Crippen LogP) is 6.44. The second-order valence-electron chi connectivity index (χ2n) is 17.3. The van der Waals surface area contributed by atoms with E-state index >= 15 is 0 Å². The molecule has 0 bridgehead atoms. The molecule has 1 saturated carbocycles. The smallest absolute Gasteiger partial charge is 0.224 e. The van der Waals surface area contributed by atoms with Crippen molar-refractivity contribution in [1.82, 2.24) is 39.3 Å². The molecule has 5 aromatic rings. The number of amides is 1. The average Bonchev–Trinajstić information content (AvgIpc) is 3.93. The molecule has 0 aromatic carbocycles. The molecule has 1 aliphatic carbocycles. The van der Waals surface area contributed by atoms with Gasteiger partial charge in [0.15, 0.2) is 6.29 Å². The molecular weight excluding hydrogens is 767 g/mol. The fourth-order valence-electron chi connectivity index (χ4n) is 9.42. The first kappa shape index (κ1) is 43.5. The van der Waals surface area contributed by atoms with Gasteiger partial charge >= 0.3 is 0 Å². The Bertz CT molecular complexity index is 2350. The van der Waals surface area contributed by atoms with E-state index in [1.165, 1.54) is 87.5 Å². The van der Waals surface area contributed by atoms with Crippen LogP contribution in [0.2, 0.25) is 0 Å². The van der Waals surface area contributed by atoms with Gasteiger partial charge in [0.1, 0.15) is 11.8 Å². The van der Waals surface area contributed by atoms with Crippen LogP contribution in [0.5, 0.6) is 0 Å². The van der Waals surface area contributed by atoms with Crippen LogP contribution in [0.25, 0.3) is 11.0 Å². The maximum atomic E-state index is 11.6. The molecule has 14 nitrogen and oxygen atoms in total. The van der Waals surface area contributed by atoms with E-state index in [1.54, 1.807) is 42.8 Å². The van der Waals surface area contributed by atoms with Crippen LogP contribution in [0.1, 0.15) is 111 Å². The molecule has 9 rings (SSSR count). The van der Waals surface area contributed by atoms with Gasteiger partial charge in [0.2, 0.25) is 5.91 Å². The predicted molar refractivity (Wildman–Crippen MR) is 239 cm³/mol. The number of aliphatic hydroxyl groups is 1. The molecule has 8 heterocycles. The third kappa shape index (κ3) is 10.3. The number of aryl methyl sites for hydroxylation is 1. The molecule has 3 aliphatic heterocycles. The number of carbonyl (C=O) groups is 2. The summed E-state index contributed by atoms with van der Waals surface area (Å²) in [4.78, 5) is 35.1. The molecule has 0 radical (unpaired) electrons. The van der Waals surface area contributed by atoms with Crippen LogP contribution < -0.4 is 15.5 Å². The summed E-state index contributed by atoms with van der Waals surface area (Å²) in [7, 11) is 1.84. The summed E-state index contributed by atoms with van der Waals surface area (Å²) in [6.45, 7) is 17.0. The van der Waals surface area contributed by atoms with Gasteiger partial charge in [-0.1, -0.05) is 25.8 Å². The maximum Gasteiger partial charge on any atom is 0.224 e. The van der Waals surface area contributed by atoms with Gasteiger partial charge < -0.3 is 20.6 Å². The average molecular weight is 828 g/mol. The number of fused-ring (bicyclic) bond motifs is 2. The van der Waals surface area contributed by atoms with Crippen molar-refractivity contribution in [2.24, 2.45) is 0 Å². The Morgan fingerprint density at radius 3 is 2.25 bits per heavy atom. The van der Waals surface area contributed by atoms with Crippen molar-refractivity contribution < 1.29 is 14.7 Å². The Hall–Kier alpha value is -5.62. The van der Waals surface area contributed by atoms with Crippen molar-refractivity contribution in [1.29, 1.82) is 5.26 Å². The highest BCUT2D eigenvalue weighted by Gasteiger charge is 2.31. The van der Waals surface area contributed by atoms with Gasteiger partial charge in [-0.3, -0.25) is 24.4 Å². The SMILES string of the molecule is C=C1NC(=O)CCC1c1ccc(N2CCC(N3CCN(C4CCCCC4)CC3)CC2)c(C)n1.CNc1cc2ccnn2cc1C(C)(C)O.N#Cc1cnn2c(C=O)ccc2c1. The van der Waals surface area contributed by atoms with Crippen LogP contribution >= 0.6 is 0 Å². The minimum Gasteiger partial charge on any atom is -0.388 e. The number of anilines is 2. The first-order valence-electron chi connectivity index (χ1n) is 21.9. The van der Waals surface area contributed by atoms with Crippen LogP contribution in [-0.4, -0.2) is 110 Å². The van der Waals surface area contributed by atoms with Gasteiger partial charge in [-0.2, -0.15) is 15.5 Å². The number of nitrogens with one attached hydrogen (secondary N) is 2. The van der Waals surface area contributed by atoms with Gasteiger partial charge in [-0.05, 0) is 95.3 Å². The summed E-state index contributed by atoms with van der Waals surface area (Å²) in [5.41, 5.74) is 7.80. The fraction of sp³-hybridized carbons (Fsp3) is 0.489. The first-order chi connectivity index (χ1) is 29.4. The minimum atomic E-state index is -0.877. The monoisotopic (exact) mass is 827 g/mol. The van der Waals surface area contributed by atoms with Gasteiger partial charge in [-0.25, -0.2) is 9.03 Å². The highest BCUT2D eigenvalue weighted by atomic mass is 16.3. The zero-order chi connectivity index (χ0) is 43.1. The molecule has 1 amide bonds. The quantitative estimate of drug-likeness (QED) is 0.155. The topological polar surface area (TPSA) is 159 Å². The van der Waals surface area contributed by atoms with Crippen LogP contribution in [0.3, 0.4) is 0 Å². The van der Waals surface area contributed by atoms with E-state index in [-0.39, 0.29) is 11.8 Å². The fourth-order valence-corrected chi connectivity index (χ4v) is 9.42. The van der Waals surface area contributed by atoms with E-state index in [1.807, 2.05) is 31.4 Å². The summed E-state index contributed by atoms with van der Waals surface area (Å²) in [6, 6.07) is 17.0. The van der Waals surface area contributed by atoms with E-state index in [9.17, 15) is 14.7 Å². The minimum absolute atomic E-state index is 0.0721. The Balaban J connectivity index is 0.000000164. The number of nitrogens with zero attached hydrogens (tertiary/aromatic N) is 9. The zero-order valence-corrected chi connectivity index (χ0v) is 36.2. The van der Waals surface area contributed by atoms with Crippen LogP contribution in [0.15, 0.2) is 73.3 Å². The largest absolute Gasteiger partial charge is 0.388 e. The number of aldehydes is 1. The number of aromatic nitrogens is 5. The zero-order valence-electron chi connectivity index (χ0n) is 36.2.